The van der Waals surface area contributed by atoms with Gasteiger partial charge in [-0.15, -0.1) is 0 Å². The van der Waals surface area contributed by atoms with Gasteiger partial charge < -0.3 is 10.1 Å². The highest BCUT2D eigenvalue weighted by molar-refractivity contribution is 9.10. The van der Waals surface area contributed by atoms with Gasteiger partial charge in [-0.25, -0.2) is 5.43 Å². The van der Waals surface area contributed by atoms with E-state index in [0.717, 1.165) is 27.7 Å². The van der Waals surface area contributed by atoms with Crippen molar-refractivity contribution < 1.29 is 14.3 Å². The standard InChI is InChI=1S/C21H24BrN3O3/c1-4-16-7-5-6-8-19(16)23-20(26)12-15(3)24-25-21(27)13-28-17-9-10-18(22)14(2)11-17/h5-11H,4,12-13H2,1-3H3,(H,23,26)(H,25,27)/b24-15-. The minimum absolute atomic E-state index is 0.0884. The molecule has 0 atom stereocenters. The van der Waals surface area contributed by atoms with Crippen molar-refractivity contribution in [1.82, 2.24) is 5.43 Å². The monoisotopic (exact) mass is 445 g/mol. The van der Waals surface area contributed by atoms with E-state index >= 15 is 0 Å². The maximum absolute atomic E-state index is 12.2. The van der Waals surface area contributed by atoms with E-state index in [2.05, 4.69) is 31.8 Å². The van der Waals surface area contributed by atoms with Gasteiger partial charge in [0.05, 0.1) is 6.42 Å². The molecule has 148 valence electrons. The topological polar surface area (TPSA) is 79.8 Å². The number of carbonyl (C=O) groups is 2. The lowest BCUT2D eigenvalue weighted by atomic mass is 10.1. The lowest BCUT2D eigenvalue weighted by Gasteiger charge is -2.10. The van der Waals surface area contributed by atoms with Crippen LogP contribution in [0.3, 0.4) is 0 Å². The maximum Gasteiger partial charge on any atom is 0.277 e. The molecule has 0 radical (unpaired) electrons. The first-order chi connectivity index (χ1) is 13.4. The summed E-state index contributed by atoms with van der Waals surface area (Å²) < 4.78 is 6.42. The fraction of sp³-hybridized carbons (Fsp3) is 0.286. The van der Waals surface area contributed by atoms with Crippen LogP contribution >= 0.6 is 15.9 Å². The fourth-order valence-electron chi connectivity index (χ4n) is 2.46. The number of halogens is 1. The number of hydrogen-bond donors (Lipinski definition) is 2. The normalized spacial score (nSPS) is 11.1. The molecule has 0 heterocycles. The number of anilines is 1. The van der Waals surface area contributed by atoms with E-state index < -0.39 is 5.91 Å². The average molecular weight is 446 g/mol. The maximum atomic E-state index is 12.2. The molecule has 6 nitrogen and oxygen atoms in total. The van der Waals surface area contributed by atoms with E-state index in [1.54, 1.807) is 13.0 Å². The van der Waals surface area contributed by atoms with Gasteiger partial charge in [-0.05, 0) is 55.7 Å². The molecule has 2 N–H and O–H groups in total. The van der Waals surface area contributed by atoms with Crippen LogP contribution in [-0.2, 0) is 16.0 Å². The lowest BCUT2D eigenvalue weighted by Crippen LogP contribution is -2.26. The molecule has 2 aromatic rings. The molecule has 2 aromatic carbocycles. The smallest absolute Gasteiger partial charge is 0.277 e. The Hall–Kier alpha value is -2.67. The van der Waals surface area contributed by atoms with E-state index in [4.69, 9.17) is 4.74 Å². The summed E-state index contributed by atoms with van der Waals surface area (Å²) in [6.45, 7) is 5.50. The Kier molecular flexibility index (Phi) is 8.19. The highest BCUT2D eigenvalue weighted by atomic mass is 79.9. The van der Waals surface area contributed by atoms with E-state index in [9.17, 15) is 9.59 Å². The van der Waals surface area contributed by atoms with Crippen molar-refractivity contribution in [2.45, 2.75) is 33.6 Å². The summed E-state index contributed by atoms with van der Waals surface area (Å²) in [7, 11) is 0. The molecular weight excluding hydrogens is 422 g/mol. The quantitative estimate of drug-likeness (QED) is 0.471. The third-order valence-corrected chi connectivity index (χ3v) is 4.85. The van der Waals surface area contributed by atoms with Crippen molar-refractivity contribution in [3.05, 3.63) is 58.1 Å². The van der Waals surface area contributed by atoms with Crippen molar-refractivity contribution in [1.29, 1.82) is 0 Å². The minimum Gasteiger partial charge on any atom is -0.484 e. The van der Waals surface area contributed by atoms with Gasteiger partial charge in [0, 0.05) is 15.9 Å². The number of ether oxygens (including phenoxy) is 1. The van der Waals surface area contributed by atoms with Crippen LogP contribution in [0.4, 0.5) is 5.69 Å². The van der Waals surface area contributed by atoms with Crippen LogP contribution in [-0.4, -0.2) is 24.1 Å². The van der Waals surface area contributed by atoms with Gasteiger partial charge in [0.2, 0.25) is 5.91 Å². The molecule has 0 bridgehead atoms. The summed E-state index contributed by atoms with van der Waals surface area (Å²) in [5, 5.41) is 6.84. The number of para-hydroxylation sites is 1. The molecule has 0 saturated carbocycles. The van der Waals surface area contributed by atoms with Crippen molar-refractivity contribution in [3.8, 4) is 5.75 Å². The molecule has 2 amide bonds. The molecule has 0 aliphatic heterocycles. The summed E-state index contributed by atoms with van der Waals surface area (Å²) in [6.07, 6.45) is 0.919. The van der Waals surface area contributed by atoms with Crippen LogP contribution in [0.25, 0.3) is 0 Å². The Balaban J connectivity index is 1.80. The van der Waals surface area contributed by atoms with Crippen molar-refractivity contribution >= 4 is 39.1 Å². The van der Waals surface area contributed by atoms with Gasteiger partial charge in [0.15, 0.2) is 6.61 Å². The number of rotatable bonds is 8. The van der Waals surface area contributed by atoms with E-state index in [0.29, 0.717) is 11.5 Å². The Labute approximate surface area is 173 Å². The number of carbonyl (C=O) groups excluding carboxylic acids is 2. The first-order valence-corrected chi connectivity index (χ1v) is 9.77. The van der Waals surface area contributed by atoms with Crippen LogP contribution in [0.15, 0.2) is 52.0 Å². The molecule has 0 fully saturated rings. The summed E-state index contributed by atoms with van der Waals surface area (Å²) >= 11 is 3.41. The highest BCUT2D eigenvalue weighted by Crippen LogP contribution is 2.21. The van der Waals surface area contributed by atoms with Crippen molar-refractivity contribution in [2.75, 3.05) is 11.9 Å². The summed E-state index contributed by atoms with van der Waals surface area (Å²) in [5.74, 6) is 0.0279. The predicted molar refractivity (Wildman–Crippen MR) is 115 cm³/mol. The Bertz CT molecular complexity index is 881. The number of hydrazone groups is 1. The van der Waals surface area contributed by atoms with Crippen LogP contribution in [0.5, 0.6) is 5.75 Å². The number of amides is 2. The summed E-state index contributed by atoms with van der Waals surface area (Å²) in [5.41, 5.74) is 5.79. The van der Waals surface area contributed by atoms with Gasteiger partial charge in [-0.1, -0.05) is 41.1 Å². The number of nitrogens with zero attached hydrogens (tertiary/aromatic N) is 1. The number of hydrogen-bond acceptors (Lipinski definition) is 4. The molecule has 0 unspecified atom stereocenters. The third-order valence-electron chi connectivity index (χ3n) is 3.96. The molecule has 0 aromatic heterocycles. The van der Waals surface area contributed by atoms with Crippen LogP contribution in [0.1, 0.15) is 31.4 Å². The lowest BCUT2D eigenvalue weighted by molar-refractivity contribution is -0.123. The largest absolute Gasteiger partial charge is 0.484 e. The molecule has 0 saturated heterocycles. The zero-order valence-corrected chi connectivity index (χ0v) is 17.8. The Morgan fingerprint density at radius 1 is 1.14 bits per heavy atom. The first-order valence-electron chi connectivity index (χ1n) is 8.97. The van der Waals surface area contributed by atoms with Gasteiger partial charge in [0.1, 0.15) is 5.75 Å². The molecule has 0 aliphatic carbocycles. The molecule has 0 aliphatic rings. The van der Waals surface area contributed by atoms with E-state index in [1.165, 1.54) is 0 Å². The summed E-state index contributed by atoms with van der Waals surface area (Å²) in [6, 6.07) is 13.1. The van der Waals surface area contributed by atoms with Crippen LogP contribution in [0.2, 0.25) is 0 Å². The molecular formula is C21H24BrN3O3. The Morgan fingerprint density at radius 3 is 2.61 bits per heavy atom. The zero-order chi connectivity index (χ0) is 20.5. The van der Waals surface area contributed by atoms with Gasteiger partial charge >= 0.3 is 0 Å². The number of nitrogens with one attached hydrogen (secondary N) is 2. The highest BCUT2D eigenvalue weighted by Gasteiger charge is 2.08. The average Bonchev–Trinajstić information content (AvgIpc) is 2.67. The van der Waals surface area contributed by atoms with Crippen LogP contribution < -0.4 is 15.5 Å². The van der Waals surface area contributed by atoms with E-state index in [-0.39, 0.29) is 18.9 Å². The fourth-order valence-corrected chi connectivity index (χ4v) is 2.71. The number of benzene rings is 2. The minimum atomic E-state index is -0.392. The zero-order valence-electron chi connectivity index (χ0n) is 16.2. The SMILES string of the molecule is CCc1ccccc1NC(=O)C/C(C)=N\NC(=O)COc1ccc(Br)c(C)c1. The van der Waals surface area contributed by atoms with Crippen LogP contribution in [0, 0.1) is 6.92 Å². The second-order valence-electron chi connectivity index (χ2n) is 6.32. The third kappa shape index (κ3) is 6.81. The second-order valence-corrected chi connectivity index (χ2v) is 7.17. The van der Waals surface area contributed by atoms with E-state index in [1.807, 2.05) is 50.2 Å². The number of aryl methyl sites for hydroxylation is 2. The van der Waals surface area contributed by atoms with Crippen molar-refractivity contribution in [3.63, 3.8) is 0 Å². The second kappa shape index (κ2) is 10.6. The Morgan fingerprint density at radius 2 is 1.89 bits per heavy atom. The van der Waals surface area contributed by atoms with Crippen molar-refractivity contribution in [2.24, 2.45) is 5.10 Å². The summed E-state index contributed by atoms with van der Waals surface area (Å²) in [4.78, 5) is 24.1. The molecule has 7 heteroatoms. The molecule has 28 heavy (non-hydrogen) atoms. The predicted octanol–water partition coefficient (Wildman–Crippen LogP) is 4.22. The molecule has 2 rings (SSSR count). The van der Waals surface area contributed by atoms with Gasteiger partial charge in [-0.3, -0.25) is 9.59 Å². The first kappa shape index (κ1) is 21.6. The molecule has 0 spiro atoms. The van der Waals surface area contributed by atoms with Gasteiger partial charge in [-0.2, -0.15) is 5.10 Å². The van der Waals surface area contributed by atoms with Gasteiger partial charge in [0.25, 0.3) is 5.91 Å².